The Hall–Kier alpha value is -4.07. The minimum atomic E-state index is -0.388. The van der Waals surface area contributed by atoms with E-state index in [1.54, 1.807) is 36.5 Å². The summed E-state index contributed by atoms with van der Waals surface area (Å²) in [5.74, 6) is 0.300. The lowest BCUT2D eigenvalue weighted by Gasteiger charge is -2.01. The van der Waals surface area contributed by atoms with Crippen LogP contribution in [0.3, 0.4) is 0 Å². The molecular formula is C21H14FN5O2. The van der Waals surface area contributed by atoms with Gasteiger partial charge < -0.3 is 4.52 Å². The number of nitrogens with zero attached hydrogens (tertiary/aromatic N) is 5. The maximum absolute atomic E-state index is 14.0. The van der Waals surface area contributed by atoms with Crippen LogP contribution >= 0.6 is 0 Å². The van der Waals surface area contributed by atoms with E-state index in [2.05, 4.69) is 15.2 Å². The van der Waals surface area contributed by atoms with Gasteiger partial charge >= 0.3 is 5.69 Å². The van der Waals surface area contributed by atoms with Crippen LogP contribution in [0.1, 0.15) is 5.56 Å². The van der Waals surface area contributed by atoms with Gasteiger partial charge in [-0.05, 0) is 18.2 Å². The predicted molar refractivity (Wildman–Crippen MR) is 104 cm³/mol. The minimum Gasteiger partial charge on any atom is -0.333 e. The summed E-state index contributed by atoms with van der Waals surface area (Å²) in [5, 5.41) is 8.40. The standard InChI is InChI=1S/C21H14FN5O2/c22-17-11-5-4-9-15(17)13-27-21(28)26-12-6-10-16(19(26)24-27)20-23-18(25-29-20)14-7-2-1-3-8-14/h1-12H,13H2. The van der Waals surface area contributed by atoms with Crippen LogP contribution in [0.25, 0.3) is 28.5 Å². The highest BCUT2D eigenvalue weighted by Gasteiger charge is 2.18. The van der Waals surface area contributed by atoms with Crippen LogP contribution in [0, 0.1) is 5.82 Å². The van der Waals surface area contributed by atoms with Gasteiger partial charge in [-0.1, -0.05) is 53.7 Å². The van der Waals surface area contributed by atoms with Crippen molar-refractivity contribution in [1.29, 1.82) is 0 Å². The molecule has 0 amide bonds. The summed E-state index contributed by atoms with van der Waals surface area (Å²) < 4.78 is 22.0. The van der Waals surface area contributed by atoms with Crippen molar-refractivity contribution in [3.8, 4) is 22.8 Å². The molecule has 0 radical (unpaired) electrons. The highest BCUT2D eigenvalue weighted by molar-refractivity contribution is 5.72. The van der Waals surface area contributed by atoms with Crippen molar-refractivity contribution in [2.75, 3.05) is 0 Å². The van der Waals surface area contributed by atoms with Crippen molar-refractivity contribution in [2.24, 2.45) is 0 Å². The summed E-state index contributed by atoms with van der Waals surface area (Å²) in [5.41, 5.74) is 1.69. The third-order valence-electron chi connectivity index (χ3n) is 4.58. The third-order valence-corrected chi connectivity index (χ3v) is 4.58. The second kappa shape index (κ2) is 6.83. The van der Waals surface area contributed by atoms with E-state index in [1.807, 2.05) is 30.3 Å². The summed E-state index contributed by atoms with van der Waals surface area (Å²) in [7, 11) is 0. The molecule has 0 spiro atoms. The van der Waals surface area contributed by atoms with Gasteiger partial charge in [0.05, 0.1) is 12.1 Å². The van der Waals surface area contributed by atoms with Crippen LogP contribution in [-0.2, 0) is 6.54 Å². The number of rotatable bonds is 4. The Balaban J connectivity index is 1.59. The molecule has 8 heteroatoms. The average molecular weight is 387 g/mol. The molecule has 2 aromatic carbocycles. The molecule has 0 N–H and O–H groups in total. The number of aromatic nitrogens is 5. The molecule has 0 saturated heterocycles. The summed E-state index contributed by atoms with van der Waals surface area (Å²) in [6, 6.07) is 19.2. The number of fused-ring (bicyclic) bond motifs is 1. The normalized spacial score (nSPS) is 11.2. The Kier molecular flexibility index (Phi) is 4.02. The maximum Gasteiger partial charge on any atom is 0.350 e. The first-order valence-electron chi connectivity index (χ1n) is 8.92. The van der Waals surface area contributed by atoms with E-state index < -0.39 is 0 Å². The highest BCUT2D eigenvalue weighted by atomic mass is 19.1. The van der Waals surface area contributed by atoms with Crippen molar-refractivity contribution >= 4 is 5.65 Å². The van der Waals surface area contributed by atoms with Gasteiger partial charge in [0.25, 0.3) is 5.89 Å². The summed E-state index contributed by atoms with van der Waals surface area (Å²) in [6.07, 6.45) is 1.60. The summed E-state index contributed by atoms with van der Waals surface area (Å²) >= 11 is 0. The SMILES string of the molecule is O=c1n(Cc2ccccc2F)nc2c(-c3nc(-c4ccccc4)no3)cccn12. The fourth-order valence-electron chi connectivity index (χ4n) is 3.13. The number of pyridine rings is 1. The van der Waals surface area contributed by atoms with Gasteiger partial charge in [-0.25, -0.2) is 18.3 Å². The molecule has 0 aliphatic rings. The maximum atomic E-state index is 14.0. The minimum absolute atomic E-state index is 0.0196. The molecule has 0 fully saturated rings. The molecule has 5 aromatic rings. The van der Waals surface area contributed by atoms with Crippen LogP contribution in [0.5, 0.6) is 0 Å². The average Bonchev–Trinajstić information content (AvgIpc) is 3.36. The van der Waals surface area contributed by atoms with E-state index >= 15 is 0 Å². The van der Waals surface area contributed by atoms with Crippen molar-refractivity contribution < 1.29 is 8.91 Å². The molecule has 0 bridgehead atoms. The number of hydrogen-bond acceptors (Lipinski definition) is 5. The van der Waals surface area contributed by atoms with Crippen LogP contribution in [0.15, 0.2) is 82.2 Å². The van der Waals surface area contributed by atoms with Gasteiger partial charge in [0.1, 0.15) is 5.82 Å². The Morgan fingerprint density at radius 1 is 0.966 bits per heavy atom. The molecule has 3 aromatic heterocycles. The second-order valence-electron chi connectivity index (χ2n) is 6.44. The molecular weight excluding hydrogens is 373 g/mol. The van der Waals surface area contributed by atoms with Gasteiger partial charge in [0.15, 0.2) is 5.65 Å². The Labute approximate surface area is 163 Å². The van der Waals surface area contributed by atoms with Crippen molar-refractivity contribution in [1.82, 2.24) is 24.3 Å². The second-order valence-corrected chi connectivity index (χ2v) is 6.44. The summed E-state index contributed by atoms with van der Waals surface area (Å²) in [4.78, 5) is 17.2. The van der Waals surface area contributed by atoms with Gasteiger partial charge in [0, 0.05) is 17.3 Å². The first-order chi connectivity index (χ1) is 14.2. The topological polar surface area (TPSA) is 78.2 Å². The molecule has 29 heavy (non-hydrogen) atoms. The number of benzene rings is 2. The van der Waals surface area contributed by atoms with Crippen LogP contribution in [0.2, 0.25) is 0 Å². The van der Waals surface area contributed by atoms with Gasteiger partial charge in [-0.2, -0.15) is 4.98 Å². The number of hydrogen-bond donors (Lipinski definition) is 0. The highest BCUT2D eigenvalue weighted by Crippen LogP contribution is 2.24. The number of halogens is 1. The smallest absolute Gasteiger partial charge is 0.333 e. The zero-order chi connectivity index (χ0) is 19.8. The Bertz CT molecular complexity index is 1370. The largest absolute Gasteiger partial charge is 0.350 e. The lowest BCUT2D eigenvalue weighted by molar-refractivity contribution is 0.432. The molecule has 0 atom stereocenters. The third kappa shape index (κ3) is 3.00. The van der Waals surface area contributed by atoms with E-state index in [0.717, 1.165) is 5.56 Å². The zero-order valence-corrected chi connectivity index (χ0v) is 15.1. The lowest BCUT2D eigenvalue weighted by atomic mass is 10.2. The molecule has 3 heterocycles. The quantitative estimate of drug-likeness (QED) is 0.472. The molecule has 142 valence electrons. The van der Waals surface area contributed by atoms with E-state index in [9.17, 15) is 9.18 Å². The molecule has 7 nitrogen and oxygen atoms in total. The monoisotopic (exact) mass is 387 g/mol. The lowest BCUT2D eigenvalue weighted by Crippen LogP contribution is -2.22. The predicted octanol–water partition coefficient (Wildman–Crippen LogP) is 3.40. The first kappa shape index (κ1) is 17.1. The van der Waals surface area contributed by atoms with Crippen molar-refractivity contribution in [3.63, 3.8) is 0 Å². The fourth-order valence-corrected chi connectivity index (χ4v) is 3.13. The van der Waals surface area contributed by atoms with Gasteiger partial charge in [-0.3, -0.25) is 0 Å². The summed E-state index contributed by atoms with van der Waals surface area (Å²) in [6.45, 7) is 0.0196. The van der Waals surface area contributed by atoms with E-state index in [0.29, 0.717) is 22.6 Å². The molecule has 0 unspecified atom stereocenters. The molecule has 0 aliphatic carbocycles. The van der Waals surface area contributed by atoms with E-state index in [1.165, 1.54) is 15.1 Å². The first-order valence-corrected chi connectivity index (χ1v) is 8.92. The van der Waals surface area contributed by atoms with Gasteiger partial charge in [0.2, 0.25) is 5.82 Å². The van der Waals surface area contributed by atoms with Crippen LogP contribution < -0.4 is 5.69 Å². The fraction of sp³-hybridized carbons (Fsp3) is 0.0476. The van der Waals surface area contributed by atoms with Crippen LogP contribution in [-0.4, -0.2) is 24.3 Å². The van der Waals surface area contributed by atoms with E-state index in [-0.39, 0.29) is 23.9 Å². The Morgan fingerprint density at radius 2 is 1.76 bits per heavy atom. The van der Waals surface area contributed by atoms with Crippen molar-refractivity contribution in [3.05, 3.63) is 94.8 Å². The molecule has 0 aliphatic heterocycles. The molecule has 0 saturated carbocycles. The van der Waals surface area contributed by atoms with Crippen molar-refractivity contribution in [2.45, 2.75) is 6.54 Å². The van der Waals surface area contributed by atoms with Gasteiger partial charge in [-0.15, -0.1) is 5.10 Å². The zero-order valence-electron chi connectivity index (χ0n) is 15.1. The Morgan fingerprint density at radius 3 is 2.59 bits per heavy atom. The van der Waals surface area contributed by atoms with E-state index in [4.69, 9.17) is 4.52 Å². The van der Waals surface area contributed by atoms with Crippen LogP contribution in [0.4, 0.5) is 4.39 Å². The molecule has 5 rings (SSSR count).